The highest BCUT2D eigenvalue weighted by atomic mass is 79.9. The number of fused-ring (bicyclic) bond motifs is 1. The van der Waals surface area contributed by atoms with Crippen molar-refractivity contribution in [3.05, 3.63) is 28.2 Å². The van der Waals surface area contributed by atoms with Crippen LogP contribution in [0.25, 0.3) is 10.1 Å². The topological polar surface area (TPSA) is 20.2 Å². The number of alkyl halides is 1. The lowest BCUT2D eigenvalue weighted by Crippen LogP contribution is -1.74. The first kappa shape index (κ1) is 9.31. The van der Waals surface area contributed by atoms with Gasteiger partial charge in [0.15, 0.2) is 5.06 Å². The molecule has 0 saturated carbocycles. The van der Waals surface area contributed by atoms with Crippen LogP contribution in [0.1, 0.15) is 5.56 Å². The van der Waals surface area contributed by atoms with Crippen LogP contribution in [0.4, 0.5) is 0 Å². The highest BCUT2D eigenvalue weighted by Crippen LogP contribution is 2.38. The molecule has 0 aliphatic rings. The molecule has 0 aliphatic carbocycles. The first-order valence-corrected chi connectivity index (χ1v) is 5.82. The second kappa shape index (κ2) is 3.48. The van der Waals surface area contributed by atoms with Gasteiger partial charge in [0, 0.05) is 20.1 Å². The number of aromatic hydroxyl groups is 1. The number of benzene rings is 1. The Labute approximate surface area is 93.1 Å². The third-order valence-electron chi connectivity index (χ3n) is 1.87. The van der Waals surface area contributed by atoms with Crippen LogP contribution < -0.4 is 0 Å². The van der Waals surface area contributed by atoms with Gasteiger partial charge in [-0.25, -0.2) is 0 Å². The molecule has 1 aromatic carbocycles. The van der Waals surface area contributed by atoms with E-state index in [0.29, 0.717) is 10.9 Å². The smallest absolute Gasteiger partial charge is 0.176 e. The van der Waals surface area contributed by atoms with Crippen LogP contribution in [0.15, 0.2) is 22.7 Å². The Morgan fingerprint density at radius 3 is 2.92 bits per heavy atom. The highest BCUT2D eigenvalue weighted by Gasteiger charge is 2.09. The van der Waals surface area contributed by atoms with Gasteiger partial charge in [-0.15, -0.1) is 11.6 Å². The summed E-state index contributed by atoms with van der Waals surface area (Å²) in [5.41, 5.74) is 0.822. The van der Waals surface area contributed by atoms with Crippen LogP contribution >= 0.6 is 38.9 Å². The predicted molar refractivity (Wildman–Crippen MR) is 60.7 cm³/mol. The van der Waals surface area contributed by atoms with Gasteiger partial charge in [-0.3, -0.25) is 0 Å². The fourth-order valence-electron chi connectivity index (χ4n) is 1.24. The van der Waals surface area contributed by atoms with Gasteiger partial charge < -0.3 is 5.11 Å². The molecular formula is C9H6BrClOS. The minimum atomic E-state index is 0.322. The van der Waals surface area contributed by atoms with Crippen molar-refractivity contribution >= 4 is 49.0 Å². The third-order valence-corrected chi connectivity index (χ3v) is 3.64. The first-order valence-electron chi connectivity index (χ1n) is 3.68. The molecule has 0 spiro atoms. The highest BCUT2D eigenvalue weighted by molar-refractivity contribution is 9.10. The van der Waals surface area contributed by atoms with Gasteiger partial charge in [0.05, 0.1) is 5.88 Å². The van der Waals surface area contributed by atoms with Crippen LogP contribution in [-0.4, -0.2) is 5.11 Å². The maximum Gasteiger partial charge on any atom is 0.176 e. The monoisotopic (exact) mass is 276 g/mol. The van der Waals surface area contributed by atoms with E-state index in [2.05, 4.69) is 15.9 Å². The molecule has 4 heteroatoms. The molecule has 0 radical (unpaired) electrons. The minimum Gasteiger partial charge on any atom is -0.499 e. The number of thiophene rings is 1. The molecule has 2 rings (SSSR count). The Kier molecular flexibility index (Phi) is 2.49. The average molecular weight is 278 g/mol. The summed E-state index contributed by atoms with van der Waals surface area (Å²) in [6.45, 7) is 0. The van der Waals surface area contributed by atoms with Gasteiger partial charge in [0.1, 0.15) is 0 Å². The van der Waals surface area contributed by atoms with Crippen molar-refractivity contribution in [1.82, 2.24) is 0 Å². The Hall–Kier alpha value is -0.250. The standard InChI is InChI=1S/C9H6BrClOS/c10-5-1-2-8-6(3-5)7(4-11)9(12)13-8/h1-3,12H,4H2. The van der Waals surface area contributed by atoms with Gasteiger partial charge in [0.2, 0.25) is 0 Å². The number of halogens is 2. The van der Waals surface area contributed by atoms with E-state index in [0.717, 1.165) is 20.1 Å². The molecule has 68 valence electrons. The lowest BCUT2D eigenvalue weighted by atomic mass is 10.2. The predicted octanol–water partition coefficient (Wildman–Crippen LogP) is 4.11. The van der Waals surface area contributed by atoms with Crippen LogP contribution in [-0.2, 0) is 5.88 Å². The Balaban J connectivity index is 2.80. The molecule has 1 nitrogen and oxygen atoms in total. The summed E-state index contributed by atoms with van der Waals surface area (Å²) < 4.78 is 2.07. The van der Waals surface area contributed by atoms with E-state index in [1.54, 1.807) is 0 Å². The number of rotatable bonds is 1. The van der Waals surface area contributed by atoms with Crippen LogP contribution in [0, 0.1) is 0 Å². The van der Waals surface area contributed by atoms with Crippen molar-refractivity contribution in [2.45, 2.75) is 5.88 Å². The van der Waals surface area contributed by atoms with E-state index in [-0.39, 0.29) is 0 Å². The van der Waals surface area contributed by atoms with E-state index in [1.165, 1.54) is 11.3 Å². The number of hydrogen-bond donors (Lipinski definition) is 1. The minimum absolute atomic E-state index is 0.322. The normalized spacial score (nSPS) is 10.9. The summed E-state index contributed by atoms with van der Waals surface area (Å²) in [5, 5.41) is 10.9. The summed E-state index contributed by atoms with van der Waals surface area (Å²) in [5.74, 6) is 0.349. The summed E-state index contributed by atoms with van der Waals surface area (Å²) in [4.78, 5) is 0. The second-order valence-corrected chi connectivity index (χ2v) is 4.87. The van der Waals surface area contributed by atoms with E-state index in [9.17, 15) is 5.11 Å². The molecule has 0 saturated heterocycles. The summed E-state index contributed by atoms with van der Waals surface area (Å²) in [6.07, 6.45) is 0. The zero-order valence-corrected chi connectivity index (χ0v) is 9.71. The quantitative estimate of drug-likeness (QED) is 0.778. The molecule has 1 N–H and O–H groups in total. The van der Waals surface area contributed by atoms with Crippen molar-refractivity contribution in [1.29, 1.82) is 0 Å². The lowest BCUT2D eigenvalue weighted by molar-refractivity contribution is 0.487. The maximum absolute atomic E-state index is 9.54. The molecule has 0 bridgehead atoms. The molecule has 0 atom stereocenters. The van der Waals surface area contributed by atoms with Gasteiger partial charge in [0.25, 0.3) is 0 Å². The molecule has 0 amide bonds. The van der Waals surface area contributed by atoms with E-state index < -0.39 is 0 Å². The van der Waals surface area contributed by atoms with Crippen molar-refractivity contribution in [2.24, 2.45) is 0 Å². The molecule has 2 aromatic rings. The fraction of sp³-hybridized carbons (Fsp3) is 0.111. The van der Waals surface area contributed by atoms with Crippen molar-refractivity contribution in [2.75, 3.05) is 0 Å². The maximum atomic E-state index is 9.54. The summed E-state index contributed by atoms with van der Waals surface area (Å²) in [6, 6.07) is 5.90. The van der Waals surface area contributed by atoms with Crippen molar-refractivity contribution in [3.8, 4) is 5.06 Å². The molecular weight excluding hydrogens is 272 g/mol. The molecule has 13 heavy (non-hydrogen) atoms. The van der Waals surface area contributed by atoms with Crippen LogP contribution in [0.2, 0.25) is 0 Å². The van der Waals surface area contributed by atoms with E-state index in [1.807, 2.05) is 18.2 Å². The van der Waals surface area contributed by atoms with E-state index >= 15 is 0 Å². The Bertz CT molecular complexity index is 452. The number of hydrogen-bond acceptors (Lipinski definition) is 2. The fourth-order valence-corrected chi connectivity index (χ4v) is 2.89. The largest absolute Gasteiger partial charge is 0.499 e. The van der Waals surface area contributed by atoms with Gasteiger partial charge in [-0.2, -0.15) is 0 Å². The van der Waals surface area contributed by atoms with Crippen LogP contribution in [0.3, 0.4) is 0 Å². The van der Waals surface area contributed by atoms with Gasteiger partial charge >= 0.3 is 0 Å². The molecule has 0 aliphatic heterocycles. The summed E-state index contributed by atoms with van der Waals surface area (Å²) >= 11 is 10.5. The van der Waals surface area contributed by atoms with Gasteiger partial charge in [-0.1, -0.05) is 27.3 Å². The van der Waals surface area contributed by atoms with Crippen LogP contribution in [0.5, 0.6) is 5.06 Å². The molecule has 0 fully saturated rings. The zero-order valence-electron chi connectivity index (χ0n) is 6.55. The SMILES string of the molecule is Oc1sc2ccc(Br)cc2c1CCl. The lowest BCUT2D eigenvalue weighted by Gasteiger charge is -1.94. The van der Waals surface area contributed by atoms with E-state index in [4.69, 9.17) is 11.6 Å². The second-order valence-electron chi connectivity index (χ2n) is 2.66. The average Bonchev–Trinajstić information content (AvgIpc) is 2.40. The molecule has 0 unspecified atom stereocenters. The summed E-state index contributed by atoms with van der Waals surface area (Å²) in [7, 11) is 0. The molecule has 1 aromatic heterocycles. The van der Waals surface area contributed by atoms with Crippen molar-refractivity contribution in [3.63, 3.8) is 0 Å². The Morgan fingerprint density at radius 2 is 2.23 bits per heavy atom. The van der Waals surface area contributed by atoms with Crippen molar-refractivity contribution < 1.29 is 5.11 Å². The Morgan fingerprint density at radius 1 is 1.46 bits per heavy atom. The zero-order chi connectivity index (χ0) is 9.42. The third kappa shape index (κ3) is 1.56. The first-order chi connectivity index (χ1) is 6.22. The molecule has 1 heterocycles. The van der Waals surface area contributed by atoms with Gasteiger partial charge in [-0.05, 0) is 18.2 Å².